The standard InChI is InChI=1S/C22H30F2N4O2/c1-15-25-28(22(29)26(15)2)13-18(24)12-27-19-7-8-20(27)10-21(9-19)30-14-17-6-4-3-5-16(17)11-23/h3-6,18-21H,7-14H2,1-2H3/t18-,19?,20?,21?/m1/s1. The number of rotatable bonds is 8. The molecule has 0 amide bonds. The second-order valence-corrected chi connectivity index (χ2v) is 8.56. The van der Waals surface area contributed by atoms with Gasteiger partial charge in [0.25, 0.3) is 0 Å². The van der Waals surface area contributed by atoms with Crippen molar-refractivity contribution >= 4 is 0 Å². The second kappa shape index (κ2) is 8.98. The smallest absolute Gasteiger partial charge is 0.345 e. The van der Waals surface area contributed by atoms with Crippen LogP contribution in [-0.2, 0) is 31.6 Å². The summed E-state index contributed by atoms with van der Waals surface area (Å²) in [5.74, 6) is 0.583. The molecule has 0 aliphatic carbocycles. The van der Waals surface area contributed by atoms with Crippen molar-refractivity contribution in [2.24, 2.45) is 7.05 Å². The molecular formula is C22H30F2N4O2. The molecule has 0 saturated carbocycles. The van der Waals surface area contributed by atoms with Crippen molar-refractivity contribution in [1.82, 2.24) is 19.2 Å². The Hall–Kier alpha value is -2.06. The van der Waals surface area contributed by atoms with E-state index in [1.807, 2.05) is 18.2 Å². The van der Waals surface area contributed by atoms with Crippen molar-refractivity contribution in [2.45, 2.75) is 76.8 Å². The molecule has 4 rings (SSSR count). The molecule has 30 heavy (non-hydrogen) atoms. The molecule has 2 saturated heterocycles. The maximum atomic E-state index is 14.8. The summed E-state index contributed by atoms with van der Waals surface area (Å²) in [6.45, 7) is 1.96. The van der Waals surface area contributed by atoms with E-state index < -0.39 is 12.8 Å². The molecule has 3 heterocycles. The van der Waals surface area contributed by atoms with Crippen LogP contribution in [0.5, 0.6) is 0 Å². The van der Waals surface area contributed by atoms with Gasteiger partial charge in [-0.1, -0.05) is 24.3 Å². The van der Waals surface area contributed by atoms with Crippen molar-refractivity contribution in [3.63, 3.8) is 0 Å². The van der Waals surface area contributed by atoms with Gasteiger partial charge in [-0.15, -0.1) is 0 Å². The third kappa shape index (κ3) is 4.34. The Morgan fingerprint density at radius 3 is 2.43 bits per heavy atom. The number of hydrogen-bond donors (Lipinski definition) is 0. The lowest BCUT2D eigenvalue weighted by molar-refractivity contribution is -0.0345. The fourth-order valence-electron chi connectivity index (χ4n) is 4.88. The fourth-order valence-corrected chi connectivity index (χ4v) is 4.88. The van der Waals surface area contributed by atoms with Gasteiger partial charge in [-0.05, 0) is 43.7 Å². The Morgan fingerprint density at radius 1 is 1.17 bits per heavy atom. The highest BCUT2D eigenvalue weighted by Crippen LogP contribution is 2.37. The highest BCUT2D eigenvalue weighted by atomic mass is 19.1. The first-order valence-electron chi connectivity index (χ1n) is 10.7. The Balaban J connectivity index is 1.31. The predicted octanol–water partition coefficient (Wildman–Crippen LogP) is 2.91. The summed E-state index contributed by atoms with van der Waals surface area (Å²) in [6, 6.07) is 8.04. The largest absolute Gasteiger partial charge is 0.373 e. The molecule has 2 aliphatic rings. The molecule has 2 aromatic rings. The van der Waals surface area contributed by atoms with E-state index in [4.69, 9.17) is 4.74 Å². The Bertz CT molecular complexity index is 914. The number of aryl methyl sites for hydroxylation is 1. The summed E-state index contributed by atoms with van der Waals surface area (Å²) in [7, 11) is 1.64. The lowest BCUT2D eigenvalue weighted by atomic mass is 9.99. The minimum absolute atomic E-state index is 0.0175. The fraction of sp³-hybridized carbons (Fsp3) is 0.636. The summed E-state index contributed by atoms with van der Waals surface area (Å²) < 4.78 is 36.7. The van der Waals surface area contributed by atoms with Crippen LogP contribution in [0.2, 0.25) is 0 Å². The molecule has 0 radical (unpaired) electrons. The average molecular weight is 421 g/mol. The Morgan fingerprint density at radius 2 is 1.83 bits per heavy atom. The van der Waals surface area contributed by atoms with Crippen molar-refractivity contribution < 1.29 is 13.5 Å². The highest BCUT2D eigenvalue weighted by molar-refractivity contribution is 5.25. The molecule has 1 aromatic heterocycles. The van der Waals surface area contributed by atoms with E-state index in [1.165, 1.54) is 9.25 Å². The number of alkyl halides is 2. The van der Waals surface area contributed by atoms with Crippen LogP contribution in [0.15, 0.2) is 29.1 Å². The van der Waals surface area contributed by atoms with Crippen LogP contribution in [-0.4, -0.2) is 50.2 Å². The number of piperidine rings is 1. The van der Waals surface area contributed by atoms with Gasteiger partial charge in [0.15, 0.2) is 0 Å². The molecule has 2 aliphatic heterocycles. The van der Waals surface area contributed by atoms with Crippen LogP contribution in [0.4, 0.5) is 8.78 Å². The first-order chi connectivity index (χ1) is 14.5. The zero-order valence-electron chi connectivity index (χ0n) is 17.6. The molecule has 2 fully saturated rings. The number of nitrogens with zero attached hydrogens (tertiary/aromatic N) is 4. The summed E-state index contributed by atoms with van der Waals surface area (Å²) in [4.78, 5) is 14.3. The Kier molecular flexibility index (Phi) is 6.34. The van der Waals surface area contributed by atoms with Gasteiger partial charge in [0, 0.05) is 25.7 Å². The normalized spacial score (nSPS) is 25.0. The molecule has 6 nitrogen and oxygen atoms in total. The zero-order chi connectivity index (χ0) is 21.3. The predicted molar refractivity (Wildman–Crippen MR) is 110 cm³/mol. The molecular weight excluding hydrogens is 390 g/mol. The highest BCUT2D eigenvalue weighted by Gasteiger charge is 2.42. The SMILES string of the molecule is Cc1nn(C[C@H](F)CN2C3CCC2CC(OCc2ccccc2CF)C3)c(=O)n1C. The second-order valence-electron chi connectivity index (χ2n) is 8.56. The number of aromatic nitrogens is 3. The van der Waals surface area contributed by atoms with Gasteiger partial charge < -0.3 is 4.74 Å². The number of fused-ring (bicyclic) bond motifs is 2. The number of halogens is 2. The minimum atomic E-state index is -1.14. The van der Waals surface area contributed by atoms with Crippen LogP contribution < -0.4 is 5.69 Å². The Labute approximate surface area is 175 Å². The minimum Gasteiger partial charge on any atom is -0.373 e. The quantitative estimate of drug-likeness (QED) is 0.659. The third-order valence-corrected chi connectivity index (χ3v) is 6.62. The summed E-state index contributed by atoms with van der Waals surface area (Å²) in [5, 5.41) is 4.14. The van der Waals surface area contributed by atoms with E-state index in [1.54, 1.807) is 20.0 Å². The topological polar surface area (TPSA) is 52.3 Å². The van der Waals surface area contributed by atoms with E-state index in [9.17, 15) is 13.6 Å². The first-order valence-corrected chi connectivity index (χ1v) is 10.7. The number of hydrogen-bond acceptors (Lipinski definition) is 4. The van der Waals surface area contributed by atoms with Gasteiger partial charge in [0.2, 0.25) is 0 Å². The monoisotopic (exact) mass is 420 g/mol. The molecule has 0 N–H and O–H groups in total. The summed E-state index contributed by atoms with van der Waals surface area (Å²) in [5.41, 5.74) is 1.30. The van der Waals surface area contributed by atoms with Crippen LogP contribution in [0.1, 0.15) is 42.6 Å². The van der Waals surface area contributed by atoms with Crippen LogP contribution in [0, 0.1) is 6.92 Å². The van der Waals surface area contributed by atoms with Gasteiger partial charge in [-0.25, -0.2) is 18.3 Å². The molecule has 0 spiro atoms. The van der Waals surface area contributed by atoms with Crippen LogP contribution in [0.25, 0.3) is 0 Å². The van der Waals surface area contributed by atoms with E-state index in [0.717, 1.165) is 31.2 Å². The van der Waals surface area contributed by atoms with Crippen LogP contribution in [0.3, 0.4) is 0 Å². The zero-order valence-corrected chi connectivity index (χ0v) is 17.6. The van der Waals surface area contributed by atoms with Gasteiger partial charge in [0.1, 0.15) is 18.7 Å². The molecule has 8 heteroatoms. The van der Waals surface area contributed by atoms with Crippen molar-refractivity contribution in [1.29, 1.82) is 0 Å². The van der Waals surface area contributed by atoms with Gasteiger partial charge in [-0.3, -0.25) is 9.47 Å². The molecule has 164 valence electrons. The van der Waals surface area contributed by atoms with Crippen molar-refractivity contribution in [2.75, 3.05) is 6.54 Å². The molecule has 1 aromatic carbocycles. The van der Waals surface area contributed by atoms with Gasteiger partial charge in [0.05, 0.1) is 19.3 Å². The first kappa shape index (κ1) is 21.2. The van der Waals surface area contributed by atoms with E-state index >= 15 is 0 Å². The number of ether oxygens (including phenoxy) is 1. The maximum Gasteiger partial charge on any atom is 0.345 e. The van der Waals surface area contributed by atoms with E-state index in [-0.39, 0.29) is 18.3 Å². The van der Waals surface area contributed by atoms with E-state index in [0.29, 0.717) is 36.6 Å². The van der Waals surface area contributed by atoms with Crippen molar-refractivity contribution in [3.8, 4) is 0 Å². The van der Waals surface area contributed by atoms with Crippen molar-refractivity contribution in [3.05, 3.63) is 51.7 Å². The summed E-state index contributed by atoms with van der Waals surface area (Å²) in [6.07, 6.45) is 2.79. The summed E-state index contributed by atoms with van der Waals surface area (Å²) >= 11 is 0. The molecule has 3 atom stereocenters. The van der Waals surface area contributed by atoms with Crippen LogP contribution >= 0.6 is 0 Å². The molecule has 2 unspecified atom stereocenters. The maximum absolute atomic E-state index is 14.8. The average Bonchev–Trinajstić information content (AvgIpc) is 3.11. The third-order valence-electron chi connectivity index (χ3n) is 6.62. The van der Waals surface area contributed by atoms with E-state index in [2.05, 4.69) is 10.00 Å². The lowest BCUT2D eigenvalue weighted by Crippen LogP contribution is -2.48. The molecule has 2 bridgehead atoms. The lowest BCUT2D eigenvalue weighted by Gasteiger charge is -2.39. The number of benzene rings is 1. The van der Waals surface area contributed by atoms with Gasteiger partial charge >= 0.3 is 5.69 Å². The van der Waals surface area contributed by atoms with Gasteiger partial charge in [-0.2, -0.15) is 5.10 Å².